The van der Waals surface area contributed by atoms with Crippen molar-refractivity contribution >= 4 is 54.1 Å². The number of aromatic nitrogens is 4. The first-order valence-corrected chi connectivity index (χ1v) is 14.5. The molecule has 0 saturated heterocycles. The third kappa shape index (κ3) is 3.60. The molecule has 9 rings (SSSR count). The van der Waals surface area contributed by atoms with Gasteiger partial charge in [-0.25, -0.2) is 4.98 Å². The van der Waals surface area contributed by atoms with Crippen LogP contribution in [-0.4, -0.2) is 19.5 Å². The van der Waals surface area contributed by atoms with E-state index in [1.807, 2.05) is 36.4 Å². The average molecular weight is 549 g/mol. The number of nitrogens with zero attached hydrogens (tertiary/aromatic N) is 4. The van der Waals surface area contributed by atoms with Crippen molar-refractivity contribution in [1.29, 1.82) is 0 Å². The van der Waals surface area contributed by atoms with E-state index >= 15 is 0 Å². The van der Waals surface area contributed by atoms with Gasteiger partial charge in [0.1, 0.15) is 0 Å². The third-order valence-electron chi connectivity index (χ3n) is 8.41. The number of para-hydroxylation sites is 1. The molecule has 0 amide bonds. The van der Waals surface area contributed by atoms with Gasteiger partial charge in [-0.15, -0.1) is 0 Å². The maximum Gasteiger partial charge on any atom is 0.238 e. The maximum absolute atomic E-state index is 5.16. The van der Waals surface area contributed by atoms with Gasteiger partial charge in [-0.2, -0.15) is 9.97 Å². The molecule has 2 aromatic heterocycles. The first-order valence-electron chi connectivity index (χ1n) is 14.5. The molecular formula is C39H24N4. The summed E-state index contributed by atoms with van der Waals surface area (Å²) in [6.45, 7) is 0. The van der Waals surface area contributed by atoms with Crippen molar-refractivity contribution in [3.05, 3.63) is 146 Å². The van der Waals surface area contributed by atoms with Crippen molar-refractivity contribution in [2.45, 2.75) is 0 Å². The highest BCUT2D eigenvalue weighted by molar-refractivity contribution is 6.35. The number of benzene rings is 7. The molecule has 200 valence electrons. The van der Waals surface area contributed by atoms with Crippen LogP contribution in [0.1, 0.15) is 0 Å². The molecule has 0 N–H and O–H groups in total. The quantitative estimate of drug-likeness (QED) is 0.206. The van der Waals surface area contributed by atoms with Crippen LogP contribution in [0.4, 0.5) is 0 Å². The molecule has 2 heterocycles. The van der Waals surface area contributed by atoms with Crippen molar-refractivity contribution in [2.24, 2.45) is 0 Å². The minimum Gasteiger partial charge on any atom is -0.277 e. The monoisotopic (exact) mass is 548 g/mol. The van der Waals surface area contributed by atoms with Gasteiger partial charge in [-0.05, 0) is 33.0 Å². The summed E-state index contributed by atoms with van der Waals surface area (Å²) in [6.07, 6.45) is 0. The second-order valence-electron chi connectivity index (χ2n) is 10.8. The van der Waals surface area contributed by atoms with Gasteiger partial charge in [0.2, 0.25) is 5.95 Å². The number of hydrogen-bond acceptors (Lipinski definition) is 3. The second-order valence-corrected chi connectivity index (χ2v) is 10.8. The first-order chi connectivity index (χ1) is 21.3. The second kappa shape index (κ2) is 9.33. The molecule has 4 nitrogen and oxygen atoms in total. The van der Waals surface area contributed by atoms with Crippen LogP contribution in [0.15, 0.2) is 146 Å². The molecule has 0 saturated carbocycles. The minimum atomic E-state index is 0.601. The number of rotatable bonds is 3. The summed E-state index contributed by atoms with van der Waals surface area (Å²) in [5, 5.41) is 9.72. The molecule has 0 spiro atoms. The highest BCUT2D eigenvalue weighted by Gasteiger charge is 2.22. The van der Waals surface area contributed by atoms with Crippen LogP contribution in [0.3, 0.4) is 0 Å². The zero-order chi connectivity index (χ0) is 28.3. The summed E-state index contributed by atoms with van der Waals surface area (Å²) in [5.41, 5.74) is 4.06. The molecule has 0 aliphatic rings. The third-order valence-corrected chi connectivity index (χ3v) is 8.41. The molecule has 0 fully saturated rings. The van der Waals surface area contributed by atoms with Crippen molar-refractivity contribution in [3.63, 3.8) is 0 Å². The van der Waals surface area contributed by atoms with Gasteiger partial charge in [0.05, 0.1) is 11.0 Å². The van der Waals surface area contributed by atoms with Crippen LogP contribution in [-0.2, 0) is 0 Å². The standard InChI is InChI=1S/C39H24N4/c1-3-14-26(15-4-1)37-40-38(27-16-5-2-6-17-27)42-39(41-37)43-33-22-12-11-21-31(33)35-30-20-10-9-19-29(30)34-28-18-8-7-13-25(28)23-24-32(34)36(35)43/h1-24H. The highest BCUT2D eigenvalue weighted by atomic mass is 15.2. The van der Waals surface area contributed by atoms with E-state index < -0.39 is 0 Å². The molecule has 0 aliphatic carbocycles. The van der Waals surface area contributed by atoms with Crippen molar-refractivity contribution in [1.82, 2.24) is 19.5 Å². The smallest absolute Gasteiger partial charge is 0.238 e. The van der Waals surface area contributed by atoms with E-state index in [4.69, 9.17) is 15.0 Å². The fraction of sp³-hybridized carbons (Fsp3) is 0. The summed E-state index contributed by atoms with van der Waals surface area (Å²) in [6, 6.07) is 50.8. The Balaban J connectivity index is 1.50. The summed E-state index contributed by atoms with van der Waals surface area (Å²) in [7, 11) is 0. The Kier molecular flexibility index (Phi) is 5.16. The van der Waals surface area contributed by atoms with Crippen LogP contribution in [0.5, 0.6) is 0 Å². The molecule has 4 heteroatoms. The molecule has 43 heavy (non-hydrogen) atoms. The summed E-state index contributed by atoms with van der Waals surface area (Å²) in [4.78, 5) is 15.3. The lowest BCUT2D eigenvalue weighted by atomic mass is 9.93. The van der Waals surface area contributed by atoms with E-state index in [9.17, 15) is 0 Å². The Labute approximate surface area is 247 Å². The lowest BCUT2D eigenvalue weighted by Crippen LogP contribution is -2.06. The van der Waals surface area contributed by atoms with Crippen LogP contribution in [0.25, 0.3) is 82.8 Å². The van der Waals surface area contributed by atoms with Crippen LogP contribution >= 0.6 is 0 Å². The fourth-order valence-corrected chi connectivity index (χ4v) is 6.55. The molecule has 0 atom stereocenters. The predicted molar refractivity (Wildman–Crippen MR) is 178 cm³/mol. The van der Waals surface area contributed by atoms with Gasteiger partial charge in [-0.3, -0.25) is 4.57 Å². The molecule has 0 aliphatic heterocycles. The van der Waals surface area contributed by atoms with Crippen LogP contribution < -0.4 is 0 Å². The van der Waals surface area contributed by atoms with Crippen LogP contribution in [0.2, 0.25) is 0 Å². The summed E-state index contributed by atoms with van der Waals surface area (Å²) >= 11 is 0. The highest BCUT2D eigenvalue weighted by Crippen LogP contribution is 2.44. The lowest BCUT2D eigenvalue weighted by Gasteiger charge is -2.14. The van der Waals surface area contributed by atoms with Gasteiger partial charge >= 0.3 is 0 Å². The van der Waals surface area contributed by atoms with E-state index in [0.717, 1.165) is 22.2 Å². The van der Waals surface area contributed by atoms with E-state index in [2.05, 4.69) is 114 Å². The Morgan fingerprint density at radius 3 is 1.58 bits per heavy atom. The largest absolute Gasteiger partial charge is 0.277 e. The molecule has 9 aromatic rings. The normalized spacial score (nSPS) is 11.7. The van der Waals surface area contributed by atoms with Gasteiger partial charge < -0.3 is 0 Å². The van der Waals surface area contributed by atoms with E-state index in [1.54, 1.807) is 0 Å². The Hall–Kier alpha value is -5.87. The Morgan fingerprint density at radius 1 is 0.372 bits per heavy atom. The van der Waals surface area contributed by atoms with Crippen molar-refractivity contribution < 1.29 is 0 Å². The van der Waals surface area contributed by atoms with Gasteiger partial charge in [0.15, 0.2) is 11.6 Å². The predicted octanol–water partition coefficient (Wildman–Crippen LogP) is 9.76. The van der Waals surface area contributed by atoms with E-state index in [0.29, 0.717) is 17.6 Å². The zero-order valence-corrected chi connectivity index (χ0v) is 23.1. The molecular weight excluding hydrogens is 524 g/mol. The van der Waals surface area contributed by atoms with Crippen LogP contribution in [0, 0.1) is 0 Å². The topological polar surface area (TPSA) is 43.6 Å². The Bertz CT molecular complexity index is 2440. The molecule has 0 radical (unpaired) electrons. The van der Waals surface area contributed by atoms with Crippen molar-refractivity contribution in [2.75, 3.05) is 0 Å². The van der Waals surface area contributed by atoms with Gasteiger partial charge in [-0.1, -0.05) is 140 Å². The zero-order valence-electron chi connectivity index (χ0n) is 23.1. The summed E-state index contributed by atoms with van der Waals surface area (Å²) in [5.74, 6) is 1.89. The van der Waals surface area contributed by atoms with Gasteiger partial charge in [0, 0.05) is 27.3 Å². The molecule has 0 unspecified atom stereocenters. The minimum absolute atomic E-state index is 0.601. The Morgan fingerprint density at radius 2 is 0.907 bits per heavy atom. The van der Waals surface area contributed by atoms with Gasteiger partial charge in [0.25, 0.3) is 0 Å². The number of hydrogen-bond donors (Lipinski definition) is 0. The first kappa shape index (κ1) is 23.8. The van der Waals surface area contributed by atoms with Crippen molar-refractivity contribution in [3.8, 4) is 28.7 Å². The average Bonchev–Trinajstić information content (AvgIpc) is 3.44. The fourth-order valence-electron chi connectivity index (χ4n) is 6.55. The maximum atomic E-state index is 5.16. The van der Waals surface area contributed by atoms with E-state index in [-0.39, 0.29) is 0 Å². The number of fused-ring (bicyclic) bond motifs is 10. The van der Waals surface area contributed by atoms with E-state index in [1.165, 1.54) is 43.1 Å². The lowest BCUT2D eigenvalue weighted by molar-refractivity contribution is 0.955. The molecule has 0 bridgehead atoms. The summed E-state index contributed by atoms with van der Waals surface area (Å²) < 4.78 is 2.24. The molecule has 7 aromatic carbocycles. The SMILES string of the molecule is c1ccc(-c2nc(-c3ccccc3)nc(-n3c4ccccc4c4c5ccccc5c5c6ccccc6ccc5c43)n2)cc1.